The molecular weight excluding hydrogens is 302 g/mol. The molecule has 1 aliphatic carbocycles. The summed E-state index contributed by atoms with van der Waals surface area (Å²) < 4.78 is 16.5. The SMILES string of the molecule is COc1ccc(C(NCc2ccc3c(c2)OCCO3)C2CC2)cc1. The highest BCUT2D eigenvalue weighted by atomic mass is 16.6. The van der Waals surface area contributed by atoms with Gasteiger partial charge in [-0.1, -0.05) is 18.2 Å². The fraction of sp³-hybridized carbons (Fsp3) is 0.400. The highest BCUT2D eigenvalue weighted by molar-refractivity contribution is 5.43. The van der Waals surface area contributed by atoms with E-state index in [1.807, 2.05) is 18.2 Å². The summed E-state index contributed by atoms with van der Waals surface area (Å²) >= 11 is 0. The normalized spacial score (nSPS) is 17.4. The van der Waals surface area contributed by atoms with Gasteiger partial charge in [-0.25, -0.2) is 0 Å². The lowest BCUT2D eigenvalue weighted by Crippen LogP contribution is -2.23. The second kappa shape index (κ2) is 6.73. The fourth-order valence-electron chi connectivity index (χ4n) is 3.22. The van der Waals surface area contributed by atoms with E-state index in [1.165, 1.54) is 24.0 Å². The van der Waals surface area contributed by atoms with Gasteiger partial charge >= 0.3 is 0 Å². The first kappa shape index (κ1) is 15.3. The summed E-state index contributed by atoms with van der Waals surface area (Å²) in [6.45, 7) is 2.08. The van der Waals surface area contributed by atoms with Crippen LogP contribution < -0.4 is 19.5 Å². The van der Waals surface area contributed by atoms with Gasteiger partial charge in [0.25, 0.3) is 0 Å². The molecule has 4 nitrogen and oxygen atoms in total. The maximum Gasteiger partial charge on any atom is 0.161 e. The number of methoxy groups -OCH3 is 1. The average molecular weight is 325 g/mol. The Morgan fingerprint density at radius 2 is 1.79 bits per heavy atom. The molecule has 0 bridgehead atoms. The van der Waals surface area contributed by atoms with Crippen molar-refractivity contribution in [1.82, 2.24) is 5.32 Å². The summed E-state index contributed by atoms with van der Waals surface area (Å²) in [6.07, 6.45) is 2.59. The Labute approximate surface area is 142 Å². The quantitative estimate of drug-likeness (QED) is 0.879. The van der Waals surface area contributed by atoms with Gasteiger partial charge in [0.2, 0.25) is 0 Å². The first-order chi connectivity index (χ1) is 11.8. The van der Waals surface area contributed by atoms with Crippen molar-refractivity contribution >= 4 is 0 Å². The van der Waals surface area contributed by atoms with Crippen LogP contribution in [-0.2, 0) is 6.54 Å². The molecule has 4 rings (SSSR count). The van der Waals surface area contributed by atoms with Crippen LogP contribution in [0.25, 0.3) is 0 Å². The first-order valence-electron chi connectivity index (χ1n) is 8.59. The molecule has 2 aromatic rings. The van der Waals surface area contributed by atoms with E-state index in [9.17, 15) is 0 Å². The Hall–Kier alpha value is -2.20. The zero-order valence-corrected chi connectivity index (χ0v) is 14.0. The molecule has 0 amide bonds. The highest BCUT2D eigenvalue weighted by Crippen LogP contribution is 2.41. The predicted molar refractivity (Wildman–Crippen MR) is 92.7 cm³/mol. The van der Waals surface area contributed by atoms with Gasteiger partial charge in [-0.15, -0.1) is 0 Å². The predicted octanol–water partition coefficient (Wildman–Crippen LogP) is 3.71. The largest absolute Gasteiger partial charge is 0.497 e. The third-order valence-electron chi connectivity index (χ3n) is 4.70. The van der Waals surface area contributed by atoms with Crippen LogP contribution in [0.15, 0.2) is 42.5 Å². The number of rotatable bonds is 6. The maximum absolute atomic E-state index is 5.67. The zero-order valence-electron chi connectivity index (χ0n) is 14.0. The minimum Gasteiger partial charge on any atom is -0.497 e. The third kappa shape index (κ3) is 3.34. The molecular formula is C20H23NO3. The highest BCUT2D eigenvalue weighted by Gasteiger charge is 2.32. The third-order valence-corrected chi connectivity index (χ3v) is 4.70. The molecule has 1 N–H and O–H groups in total. The fourth-order valence-corrected chi connectivity index (χ4v) is 3.22. The first-order valence-corrected chi connectivity index (χ1v) is 8.59. The van der Waals surface area contributed by atoms with Crippen LogP contribution in [0, 0.1) is 5.92 Å². The van der Waals surface area contributed by atoms with E-state index in [0.717, 1.165) is 29.7 Å². The molecule has 24 heavy (non-hydrogen) atoms. The molecule has 1 unspecified atom stereocenters. The minimum atomic E-state index is 0.393. The Bertz CT molecular complexity index is 695. The Morgan fingerprint density at radius 3 is 2.50 bits per heavy atom. The topological polar surface area (TPSA) is 39.7 Å². The molecule has 2 aliphatic rings. The van der Waals surface area contributed by atoms with Gasteiger partial charge in [0, 0.05) is 12.6 Å². The van der Waals surface area contributed by atoms with Crippen LogP contribution in [-0.4, -0.2) is 20.3 Å². The van der Waals surface area contributed by atoms with E-state index in [4.69, 9.17) is 14.2 Å². The summed E-state index contributed by atoms with van der Waals surface area (Å²) in [5.41, 5.74) is 2.55. The molecule has 0 aromatic heterocycles. The Balaban J connectivity index is 1.45. The van der Waals surface area contributed by atoms with E-state index in [0.29, 0.717) is 19.3 Å². The van der Waals surface area contributed by atoms with Crippen molar-refractivity contribution < 1.29 is 14.2 Å². The minimum absolute atomic E-state index is 0.393. The Kier molecular flexibility index (Phi) is 4.30. The van der Waals surface area contributed by atoms with Crippen molar-refractivity contribution in [3.8, 4) is 17.2 Å². The summed E-state index contributed by atoms with van der Waals surface area (Å²) in [4.78, 5) is 0. The smallest absolute Gasteiger partial charge is 0.161 e. The number of benzene rings is 2. The number of hydrogen-bond donors (Lipinski definition) is 1. The van der Waals surface area contributed by atoms with E-state index >= 15 is 0 Å². The van der Waals surface area contributed by atoms with Gasteiger partial charge in [-0.05, 0) is 54.2 Å². The van der Waals surface area contributed by atoms with Crippen molar-refractivity contribution in [3.05, 3.63) is 53.6 Å². The molecule has 1 saturated carbocycles. The molecule has 4 heteroatoms. The van der Waals surface area contributed by atoms with Gasteiger partial charge in [0.15, 0.2) is 11.5 Å². The van der Waals surface area contributed by atoms with E-state index in [-0.39, 0.29) is 0 Å². The van der Waals surface area contributed by atoms with Crippen molar-refractivity contribution in [1.29, 1.82) is 0 Å². The zero-order chi connectivity index (χ0) is 16.4. The second-order valence-electron chi connectivity index (χ2n) is 6.45. The van der Waals surface area contributed by atoms with Gasteiger partial charge < -0.3 is 19.5 Å². The summed E-state index contributed by atoms with van der Waals surface area (Å²) in [6, 6.07) is 15.0. The number of nitrogens with one attached hydrogen (secondary N) is 1. The monoisotopic (exact) mass is 325 g/mol. The number of ether oxygens (including phenoxy) is 3. The molecule has 1 aliphatic heterocycles. The van der Waals surface area contributed by atoms with Crippen LogP contribution >= 0.6 is 0 Å². The Morgan fingerprint density at radius 1 is 1.04 bits per heavy atom. The standard InChI is InChI=1S/C20H23NO3/c1-22-17-7-5-16(6-8-17)20(15-3-4-15)21-13-14-2-9-18-19(12-14)24-11-10-23-18/h2,5-9,12,15,20-21H,3-4,10-11,13H2,1H3. The molecule has 0 spiro atoms. The number of hydrogen-bond acceptors (Lipinski definition) is 4. The van der Waals surface area contributed by atoms with Crippen molar-refractivity contribution in [3.63, 3.8) is 0 Å². The summed E-state index contributed by atoms with van der Waals surface area (Å²) in [5.74, 6) is 3.34. The lowest BCUT2D eigenvalue weighted by molar-refractivity contribution is 0.171. The van der Waals surface area contributed by atoms with Crippen LogP contribution in [0.1, 0.15) is 30.0 Å². The molecule has 1 atom stereocenters. The van der Waals surface area contributed by atoms with E-state index in [2.05, 4.69) is 29.6 Å². The molecule has 2 aromatic carbocycles. The van der Waals surface area contributed by atoms with Crippen molar-refractivity contribution in [2.75, 3.05) is 20.3 Å². The van der Waals surface area contributed by atoms with Crippen LogP contribution in [0.4, 0.5) is 0 Å². The number of fused-ring (bicyclic) bond motifs is 1. The van der Waals surface area contributed by atoms with Crippen molar-refractivity contribution in [2.24, 2.45) is 5.92 Å². The molecule has 0 radical (unpaired) electrons. The summed E-state index contributed by atoms with van der Waals surface area (Å²) in [7, 11) is 1.70. The molecule has 1 heterocycles. The lowest BCUT2D eigenvalue weighted by atomic mass is 10.0. The van der Waals surface area contributed by atoms with Gasteiger partial charge in [0.05, 0.1) is 7.11 Å². The van der Waals surface area contributed by atoms with Gasteiger partial charge in [-0.2, -0.15) is 0 Å². The van der Waals surface area contributed by atoms with Gasteiger partial charge in [-0.3, -0.25) is 0 Å². The van der Waals surface area contributed by atoms with Crippen molar-refractivity contribution in [2.45, 2.75) is 25.4 Å². The van der Waals surface area contributed by atoms with Crippen LogP contribution in [0.3, 0.4) is 0 Å². The second-order valence-corrected chi connectivity index (χ2v) is 6.45. The lowest BCUT2D eigenvalue weighted by Gasteiger charge is -2.21. The van der Waals surface area contributed by atoms with Crippen LogP contribution in [0.5, 0.6) is 17.2 Å². The van der Waals surface area contributed by atoms with E-state index < -0.39 is 0 Å². The van der Waals surface area contributed by atoms with Gasteiger partial charge in [0.1, 0.15) is 19.0 Å². The average Bonchev–Trinajstić information content (AvgIpc) is 3.47. The molecule has 0 saturated heterocycles. The van der Waals surface area contributed by atoms with Crippen LogP contribution in [0.2, 0.25) is 0 Å². The maximum atomic E-state index is 5.67. The van der Waals surface area contributed by atoms with E-state index in [1.54, 1.807) is 7.11 Å². The summed E-state index contributed by atoms with van der Waals surface area (Å²) in [5, 5.41) is 3.72. The molecule has 126 valence electrons. The molecule has 1 fully saturated rings.